The summed E-state index contributed by atoms with van der Waals surface area (Å²) in [6, 6.07) is -1.01. The van der Waals surface area contributed by atoms with E-state index in [-0.39, 0.29) is 42.0 Å². The number of hydrogen-bond acceptors (Lipinski definition) is 5. The molecule has 0 spiro atoms. The summed E-state index contributed by atoms with van der Waals surface area (Å²) in [5.74, 6) is -3.29. The molecule has 0 aromatic carbocycles. The lowest BCUT2D eigenvalue weighted by Crippen LogP contribution is -2.60. The van der Waals surface area contributed by atoms with Gasteiger partial charge in [0.05, 0.1) is 6.07 Å². The van der Waals surface area contributed by atoms with Gasteiger partial charge in [0.1, 0.15) is 18.1 Å². The van der Waals surface area contributed by atoms with E-state index >= 15 is 0 Å². The first kappa shape index (κ1) is 26.8. The molecule has 3 fully saturated rings. The number of alkyl halides is 2. The van der Waals surface area contributed by atoms with E-state index in [1.165, 1.54) is 4.90 Å². The van der Waals surface area contributed by atoms with Crippen molar-refractivity contribution < 1.29 is 28.0 Å². The summed E-state index contributed by atoms with van der Waals surface area (Å²) < 4.78 is 25.9. The number of nitrogens with zero attached hydrogens (tertiary/aromatic N) is 2. The minimum Gasteiger partial charge on any atom is -0.356 e. The fraction of sp³-hybridized carbons (Fsp3) is 0.792. The van der Waals surface area contributed by atoms with Crippen LogP contribution in [0.1, 0.15) is 53.9 Å². The van der Waals surface area contributed by atoms with Gasteiger partial charge in [0.2, 0.25) is 17.7 Å². The molecule has 2 aliphatic heterocycles. The van der Waals surface area contributed by atoms with Crippen LogP contribution in [0.4, 0.5) is 8.78 Å². The Balaban J connectivity index is 1.79. The van der Waals surface area contributed by atoms with Crippen molar-refractivity contribution in [1.82, 2.24) is 20.9 Å². The zero-order chi connectivity index (χ0) is 26.3. The molecule has 6 atom stereocenters. The number of amides is 4. The maximum absolute atomic E-state index is 13.5. The lowest BCUT2D eigenvalue weighted by Gasteiger charge is -2.37. The maximum atomic E-state index is 13.5. The average Bonchev–Trinajstić information content (AvgIpc) is 3.10. The molecule has 35 heavy (non-hydrogen) atoms. The van der Waals surface area contributed by atoms with E-state index in [4.69, 9.17) is 0 Å². The molecule has 11 heteroatoms. The van der Waals surface area contributed by atoms with E-state index in [2.05, 4.69) is 16.0 Å². The number of fused-ring (bicyclic) bond motifs is 1. The molecule has 0 aromatic rings. The van der Waals surface area contributed by atoms with Crippen LogP contribution in [0.2, 0.25) is 0 Å². The van der Waals surface area contributed by atoms with E-state index < -0.39 is 47.7 Å². The number of likely N-dealkylation sites (tertiary alicyclic amines) is 1. The summed E-state index contributed by atoms with van der Waals surface area (Å²) >= 11 is 0. The zero-order valence-corrected chi connectivity index (χ0v) is 20.9. The van der Waals surface area contributed by atoms with Crippen molar-refractivity contribution in [2.75, 3.05) is 13.1 Å². The molecule has 2 saturated heterocycles. The first-order valence-corrected chi connectivity index (χ1v) is 12.1. The molecule has 2 heterocycles. The predicted octanol–water partition coefficient (Wildman–Crippen LogP) is 1.19. The van der Waals surface area contributed by atoms with Crippen molar-refractivity contribution in [2.24, 2.45) is 28.6 Å². The van der Waals surface area contributed by atoms with Crippen molar-refractivity contribution in [3.8, 4) is 6.07 Å². The van der Waals surface area contributed by atoms with E-state index in [0.29, 0.717) is 13.0 Å². The van der Waals surface area contributed by atoms with Crippen LogP contribution in [-0.4, -0.2) is 66.2 Å². The summed E-state index contributed by atoms with van der Waals surface area (Å²) in [6.07, 6.45) is -1.68. The summed E-state index contributed by atoms with van der Waals surface area (Å²) in [5, 5.41) is 17.3. The number of piperidine rings is 2. The quantitative estimate of drug-likeness (QED) is 0.488. The van der Waals surface area contributed by atoms with Gasteiger partial charge < -0.3 is 20.9 Å². The third-order valence-electron chi connectivity index (χ3n) is 7.75. The molecule has 0 radical (unpaired) electrons. The Labute approximate surface area is 204 Å². The van der Waals surface area contributed by atoms with Crippen LogP contribution < -0.4 is 16.0 Å². The second-order valence-electron chi connectivity index (χ2n) is 11.6. The molecule has 1 saturated carbocycles. The van der Waals surface area contributed by atoms with Crippen molar-refractivity contribution in [3.63, 3.8) is 0 Å². The summed E-state index contributed by atoms with van der Waals surface area (Å²) in [4.78, 5) is 52.1. The van der Waals surface area contributed by atoms with Gasteiger partial charge >= 0.3 is 6.43 Å². The molecule has 194 valence electrons. The number of halogens is 2. The number of carbonyl (C=O) groups is 4. The largest absolute Gasteiger partial charge is 0.356 e. The Hall–Kier alpha value is -2.77. The van der Waals surface area contributed by atoms with Gasteiger partial charge in [-0.2, -0.15) is 14.0 Å². The van der Waals surface area contributed by atoms with Crippen LogP contribution in [0, 0.1) is 39.9 Å². The smallest absolute Gasteiger partial charge is 0.315 e. The molecule has 4 amide bonds. The molecule has 1 unspecified atom stereocenters. The van der Waals surface area contributed by atoms with E-state index in [1.807, 2.05) is 19.9 Å². The van der Waals surface area contributed by atoms with Crippen molar-refractivity contribution >= 4 is 23.6 Å². The lowest BCUT2D eigenvalue weighted by atomic mass is 9.85. The van der Waals surface area contributed by atoms with Gasteiger partial charge in [0.25, 0.3) is 5.91 Å². The van der Waals surface area contributed by atoms with Gasteiger partial charge in [-0.1, -0.05) is 34.6 Å². The summed E-state index contributed by atoms with van der Waals surface area (Å²) in [6.45, 7) is 9.80. The van der Waals surface area contributed by atoms with Crippen LogP contribution in [-0.2, 0) is 19.2 Å². The molecule has 0 aromatic heterocycles. The minimum absolute atomic E-state index is 0.0401. The Morgan fingerprint density at radius 1 is 1.26 bits per heavy atom. The number of rotatable bonds is 7. The normalized spacial score (nSPS) is 28.9. The first-order chi connectivity index (χ1) is 16.2. The van der Waals surface area contributed by atoms with Crippen LogP contribution in [0.15, 0.2) is 0 Å². The van der Waals surface area contributed by atoms with Crippen molar-refractivity contribution in [2.45, 2.75) is 78.4 Å². The standard InChI is InChI=1S/C24H35F2N5O4/c1-23(2,3)17(30-21(34)18(25)26)22(35)31-11-14-15(24(14,4)5)16(31)20(33)29-13(10-27)9-12-7-6-8-28-19(12)32/h12-18H,6-9,11H2,1-5H3,(H,28,32)(H,29,33)(H,30,34)/t12-,13-,14-,15-,16-,17?/m0/s1. The fourth-order valence-electron chi connectivity index (χ4n) is 5.58. The average molecular weight is 496 g/mol. The van der Waals surface area contributed by atoms with Gasteiger partial charge in [-0.15, -0.1) is 0 Å². The highest BCUT2D eigenvalue weighted by Crippen LogP contribution is 2.65. The van der Waals surface area contributed by atoms with Gasteiger partial charge in [0.15, 0.2) is 0 Å². The van der Waals surface area contributed by atoms with Gasteiger partial charge in [-0.25, -0.2) is 0 Å². The van der Waals surface area contributed by atoms with Crippen molar-refractivity contribution in [3.05, 3.63) is 0 Å². The van der Waals surface area contributed by atoms with Crippen LogP contribution in [0.25, 0.3) is 0 Å². The molecule has 3 aliphatic rings. The first-order valence-electron chi connectivity index (χ1n) is 12.1. The second kappa shape index (κ2) is 9.70. The van der Waals surface area contributed by atoms with Crippen LogP contribution >= 0.6 is 0 Å². The topological polar surface area (TPSA) is 131 Å². The maximum Gasteiger partial charge on any atom is 0.315 e. The highest BCUT2D eigenvalue weighted by molar-refractivity contribution is 5.94. The molecule has 0 bridgehead atoms. The van der Waals surface area contributed by atoms with Gasteiger partial charge in [-0.05, 0) is 41.9 Å². The number of nitrogens with one attached hydrogen (secondary N) is 3. The van der Waals surface area contributed by atoms with Crippen molar-refractivity contribution in [1.29, 1.82) is 5.26 Å². The molecular formula is C24H35F2N5O4. The fourth-order valence-corrected chi connectivity index (χ4v) is 5.58. The molecule has 3 rings (SSSR count). The Morgan fingerprint density at radius 2 is 1.91 bits per heavy atom. The van der Waals surface area contributed by atoms with Crippen LogP contribution in [0.3, 0.4) is 0 Å². The monoisotopic (exact) mass is 495 g/mol. The Bertz CT molecular complexity index is 926. The van der Waals surface area contributed by atoms with Crippen LogP contribution in [0.5, 0.6) is 0 Å². The van der Waals surface area contributed by atoms with Gasteiger partial charge in [0, 0.05) is 19.0 Å². The predicted molar refractivity (Wildman–Crippen MR) is 122 cm³/mol. The van der Waals surface area contributed by atoms with E-state index in [0.717, 1.165) is 6.42 Å². The number of carbonyl (C=O) groups excluding carboxylic acids is 4. The van der Waals surface area contributed by atoms with E-state index in [1.54, 1.807) is 20.8 Å². The SMILES string of the molecule is CC(C)(C)C(NC(=O)C(F)F)C(=O)N1C[C@H]2[C@@H]([C@H]1C(=O)N[C@H](C#N)C[C@@H]1CCCNC1=O)C2(C)C. The van der Waals surface area contributed by atoms with E-state index in [9.17, 15) is 33.2 Å². The second-order valence-corrected chi connectivity index (χ2v) is 11.6. The summed E-state index contributed by atoms with van der Waals surface area (Å²) in [5.41, 5.74) is -1.08. The lowest BCUT2D eigenvalue weighted by molar-refractivity contribution is -0.147. The molecule has 9 nitrogen and oxygen atoms in total. The number of hydrogen-bond donors (Lipinski definition) is 3. The van der Waals surface area contributed by atoms with Gasteiger partial charge in [-0.3, -0.25) is 19.2 Å². The summed E-state index contributed by atoms with van der Waals surface area (Å²) in [7, 11) is 0. The molecule has 1 aliphatic carbocycles. The minimum atomic E-state index is -3.27. The Kier molecular flexibility index (Phi) is 7.44. The Morgan fingerprint density at radius 3 is 2.46 bits per heavy atom. The molecule has 3 N–H and O–H groups in total. The third kappa shape index (κ3) is 5.41. The third-order valence-corrected chi connectivity index (χ3v) is 7.75. The number of nitriles is 1. The zero-order valence-electron chi connectivity index (χ0n) is 20.9. The highest BCUT2D eigenvalue weighted by atomic mass is 19.3. The molecular weight excluding hydrogens is 460 g/mol. The highest BCUT2D eigenvalue weighted by Gasteiger charge is 2.69.